The van der Waals surface area contributed by atoms with E-state index >= 15 is 0 Å². The summed E-state index contributed by atoms with van der Waals surface area (Å²) in [6, 6.07) is 0. The monoisotopic (exact) mass is 171 g/mol. The van der Waals surface area contributed by atoms with E-state index < -0.39 is 0 Å². The quantitative estimate of drug-likeness (QED) is 0.437. The van der Waals surface area contributed by atoms with Gasteiger partial charge in [-0.2, -0.15) is 0 Å². The highest BCUT2D eigenvalue weighted by Crippen LogP contribution is 1.82. The topological polar surface area (TPSA) is 73.3 Å². The highest BCUT2D eigenvalue weighted by atomic mass is 16.1. The molecule has 0 aliphatic carbocycles. The average Bonchev–Trinajstić information content (AvgIpc) is 1.84. The number of rotatable bonds is 2. The number of carbonyl (C=O) groups excluding carboxylic acids is 2. The highest BCUT2D eigenvalue weighted by Gasteiger charge is 2.06. The van der Waals surface area contributed by atoms with E-state index in [1.54, 1.807) is 7.05 Å². The minimum atomic E-state index is -0.310. The molecule has 0 unspecified atom stereocenters. The van der Waals surface area contributed by atoms with Crippen LogP contribution in [0.5, 0.6) is 0 Å². The van der Waals surface area contributed by atoms with Crippen molar-refractivity contribution in [3.8, 4) is 0 Å². The fraction of sp³-hybridized carbons (Fsp3) is 0.571. The molecule has 0 radical (unpaired) electrons. The molecule has 0 aliphatic rings. The average molecular weight is 171 g/mol. The number of guanidine groups is 1. The predicted molar refractivity (Wildman–Crippen MR) is 44.9 cm³/mol. The van der Waals surface area contributed by atoms with Crippen molar-refractivity contribution in [3.05, 3.63) is 0 Å². The molecule has 0 saturated heterocycles. The maximum Gasteiger partial charge on any atom is 0.223 e. The molecule has 0 aromatic rings. The molecule has 0 fully saturated rings. The summed E-state index contributed by atoms with van der Waals surface area (Å²) in [5, 5.41) is 9.53. The maximum absolute atomic E-state index is 10.6. The Kier molecular flexibility index (Phi) is 3.96. The second-order valence-corrected chi connectivity index (χ2v) is 2.59. The van der Waals surface area contributed by atoms with Gasteiger partial charge in [-0.15, -0.1) is 0 Å². The summed E-state index contributed by atoms with van der Waals surface area (Å²) >= 11 is 0. The number of Topliss-reactive ketones (excluding diaryl/α,β-unsaturated/α-hetero) is 1. The Morgan fingerprint density at radius 2 is 1.92 bits per heavy atom. The van der Waals surface area contributed by atoms with Gasteiger partial charge in [0.1, 0.15) is 5.78 Å². The van der Waals surface area contributed by atoms with Crippen LogP contribution in [-0.2, 0) is 9.59 Å². The van der Waals surface area contributed by atoms with E-state index in [4.69, 9.17) is 5.41 Å². The first-order valence-corrected chi connectivity index (χ1v) is 3.50. The zero-order valence-corrected chi connectivity index (χ0v) is 7.47. The number of hydrogen-bond donors (Lipinski definition) is 2. The maximum atomic E-state index is 10.6. The van der Waals surface area contributed by atoms with Crippen molar-refractivity contribution in [2.75, 3.05) is 13.6 Å². The summed E-state index contributed by atoms with van der Waals surface area (Å²) in [7, 11) is 1.57. The summed E-state index contributed by atoms with van der Waals surface area (Å²) < 4.78 is 0. The van der Waals surface area contributed by atoms with E-state index in [-0.39, 0.29) is 24.2 Å². The standard InChI is InChI=1S/C7H13N3O2/c1-5(11)4-10(3)7(8)9-6(2)12/h4H2,1-3H3,(H2,8,9,12). The van der Waals surface area contributed by atoms with Crippen molar-refractivity contribution in [1.82, 2.24) is 10.2 Å². The summed E-state index contributed by atoms with van der Waals surface area (Å²) in [5.41, 5.74) is 0. The van der Waals surface area contributed by atoms with Crippen LogP contribution < -0.4 is 5.32 Å². The van der Waals surface area contributed by atoms with Gasteiger partial charge in [-0.25, -0.2) is 0 Å². The number of hydrogen-bond acceptors (Lipinski definition) is 3. The van der Waals surface area contributed by atoms with E-state index in [0.29, 0.717) is 0 Å². The van der Waals surface area contributed by atoms with Crippen molar-refractivity contribution in [2.24, 2.45) is 0 Å². The van der Waals surface area contributed by atoms with Gasteiger partial charge in [0, 0.05) is 14.0 Å². The van der Waals surface area contributed by atoms with Crippen molar-refractivity contribution in [2.45, 2.75) is 13.8 Å². The van der Waals surface area contributed by atoms with Crippen LogP contribution in [0.2, 0.25) is 0 Å². The fourth-order valence-corrected chi connectivity index (χ4v) is 0.675. The van der Waals surface area contributed by atoms with Crippen molar-refractivity contribution >= 4 is 17.6 Å². The van der Waals surface area contributed by atoms with Crippen LogP contribution in [0, 0.1) is 5.41 Å². The van der Waals surface area contributed by atoms with Crippen LogP contribution in [0.4, 0.5) is 0 Å². The molecule has 1 amide bonds. The minimum absolute atomic E-state index is 0.0485. The van der Waals surface area contributed by atoms with Crippen LogP contribution in [-0.4, -0.2) is 36.1 Å². The third-order valence-corrected chi connectivity index (χ3v) is 1.14. The molecule has 0 rings (SSSR count). The van der Waals surface area contributed by atoms with Gasteiger partial charge in [-0.3, -0.25) is 20.3 Å². The largest absolute Gasteiger partial charge is 0.339 e. The Labute approximate surface area is 71.2 Å². The van der Waals surface area contributed by atoms with Crippen molar-refractivity contribution in [3.63, 3.8) is 0 Å². The zero-order chi connectivity index (χ0) is 9.72. The third kappa shape index (κ3) is 4.43. The normalized spacial score (nSPS) is 8.92. The highest BCUT2D eigenvalue weighted by molar-refractivity contribution is 5.95. The molecule has 12 heavy (non-hydrogen) atoms. The van der Waals surface area contributed by atoms with Crippen LogP contribution in [0.25, 0.3) is 0 Å². The molecule has 0 bridgehead atoms. The lowest BCUT2D eigenvalue weighted by Gasteiger charge is -2.17. The first-order valence-electron chi connectivity index (χ1n) is 3.50. The molecule has 0 aromatic heterocycles. The van der Waals surface area contributed by atoms with E-state index in [1.165, 1.54) is 18.7 Å². The second kappa shape index (κ2) is 4.48. The number of nitrogens with one attached hydrogen (secondary N) is 2. The number of ketones is 1. The molecule has 0 saturated carbocycles. The summed E-state index contributed by atoms with van der Waals surface area (Å²) in [4.78, 5) is 22.4. The van der Waals surface area contributed by atoms with Gasteiger partial charge >= 0.3 is 0 Å². The Morgan fingerprint density at radius 3 is 2.25 bits per heavy atom. The smallest absolute Gasteiger partial charge is 0.223 e. The predicted octanol–water partition coefficient (Wildman–Crippen LogP) is -0.422. The molecule has 0 heterocycles. The zero-order valence-electron chi connectivity index (χ0n) is 7.47. The van der Waals surface area contributed by atoms with Crippen LogP contribution >= 0.6 is 0 Å². The first-order chi connectivity index (χ1) is 5.43. The van der Waals surface area contributed by atoms with E-state index in [9.17, 15) is 9.59 Å². The van der Waals surface area contributed by atoms with E-state index in [2.05, 4.69) is 5.32 Å². The van der Waals surface area contributed by atoms with Gasteiger partial charge in [0.2, 0.25) is 5.91 Å². The van der Waals surface area contributed by atoms with Gasteiger partial charge < -0.3 is 4.90 Å². The molecule has 5 nitrogen and oxygen atoms in total. The van der Waals surface area contributed by atoms with E-state index in [1.807, 2.05) is 0 Å². The Hall–Kier alpha value is -1.39. The molecule has 5 heteroatoms. The lowest BCUT2D eigenvalue weighted by atomic mass is 10.4. The minimum Gasteiger partial charge on any atom is -0.339 e. The molecule has 2 N–H and O–H groups in total. The number of likely N-dealkylation sites (N-methyl/N-ethyl adjacent to an activating group) is 1. The SMILES string of the molecule is CC(=O)CN(C)C(=N)NC(C)=O. The lowest BCUT2D eigenvalue weighted by Crippen LogP contribution is -2.42. The Balaban J connectivity index is 3.93. The number of nitrogens with zero attached hydrogens (tertiary/aromatic N) is 1. The summed E-state index contributed by atoms with van der Waals surface area (Å²) in [6.45, 7) is 2.88. The van der Waals surface area contributed by atoms with Gasteiger partial charge in [-0.1, -0.05) is 0 Å². The van der Waals surface area contributed by atoms with Crippen molar-refractivity contribution < 1.29 is 9.59 Å². The summed E-state index contributed by atoms with van der Waals surface area (Å²) in [6.07, 6.45) is 0. The van der Waals surface area contributed by atoms with E-state index in [0.717, 1.165) is 0 Å². The van der Waals surface area contributed by atoms with Gasteiger partial charge in [0.15, 0.2) is 5.96 Å². The molecule has 0 atom stereocenters. The van der Waals surface area contributed by atoms with Crippen LogP contribution in [0.15, 0.2) is 0 Å². The Morgan fingerprint density at radius 1 is 1.42 bits per heavy atom. The molecule has 0 spiro atoms. The van der Waals surface area contributed by atoms with Crippen molar-refractivity contribution in [1.29, 1.82) is 5.41 Å². The first kappa shape index (κ1) is 10.6. The molecule has 0 aromatic carbocycles. The number of amides is 1. The lowest BCUT2D eigenvalue weighted by molar-refractivity contribution is -0.119. The Bertz CT molecular complexity index is 213. The molecular weight excluding hydrogens is 158 g/mol. The molecular formula is C7H13N3O2. The fourth-order valence-electron chi connectivity index (χ4n) is 0.675. The number of carbonyl (C=O) groups is 2. The second-order valence-electron chi connectivity index (χ2n) is 2.59. The molecule has 68 valence electrons. The third-order valence-electron chi connectivity index (χ3n) is 1.14. The molecule has 0 aliphatic heterocycles. The summed E-state index contributed by atoms with van der Waals surface area (Å²) in [5.74, 6) is -0.416. The van der Waals surface area contributed by atoms with Gasteiger partial charge in [0.05, 0.1) is 6.54 Å². The van der Waals surface area contributed by atoms with Gasteiger partial charge in [0.25, 0.3) is 0 Å². The van der Waals surface area contributed by atoms with Crippen LogP contribution in [0.1, 0.15) is 13.8 Å². The van der Waals surface area contributed by atoms with Gasteiger partial charge in [-0.05, 0) is 6.92 Å². The van der Waals surface area contributed by atoms with Crippen LogP contribution in [0.3, 0.4) is 0 Å².